The van der Waals surface area contributed by atoms with E-state index in [1.54, 1.807) is 0 Å². The minimum absolute atomic E-state index is 1.04. The molecule has 0 heterocycles. The van der Waals surface area contributed by atoms with E-state index < -0.39 is 0 Å². The lowest BCUT2D eigenvalue weighted by atomic mass is 9.94. The zero-order valence-electron chi connectivity index (χ0n) is 14.6. The third kappa shape index (κ3) is 3.65. The number of hydrogen-bond donors (Lipinski definition) is 0. The summed E-state index contributed by atoms with van der Waals surface area (Å²) in [5.41, 5.74) is 7.47. The summed E-state index contributed by atoms with van der Waals surface area (Å²) in [6, 6.07) is 15.1. The molecule has 2 aromatic rings. The summed E-state index contributed by atoms with van der Waals surface area (Å²) < 4.78 is 0. The molecule has 3 rings (SSSR count). The minimum Gasteiger partial charge on any atom is -0.0915 e. The van der Waals surface area contributed by atoms with E-state index in [0.717, 1.165) is 28.9 Å². The van der Waals surface area contributed by atoms with Gasteiger partial charge in [-0.25, -0.2) is 0 Å². The van der Waals surface area contributed by atoms with Gasteiger partial charge in [-0.1, -0.05) is 72.8 Å². The Morgan fingerprint density at radius 2 is 1.83 bits per heavy atom. The predicted octanol–water partition coefficient (Wildman–Crippen LogP) is 5.08. The molecule has 0 saturated carbocycles. The molecule has 0 aliphatic heterocycles. The fourth-order valence-corrected chi connectivity index (χ4v) is 3.15. The lowest BCUT2D eigenvalue weighted by molar-refractivity contribution is 0.965. The second-order valence-corrected chi connectivity index (χ2v) is 6.61. The summed E-state index contributed by atoms with van der Waals surface area (Å²) in [5.74, 6) is 0. The summed E-state index contributed by atoms with van der Waals surface area (Å²) in [5, 5.41) is 2.18. The molecule has 24 heavy (non-hydrogen) atoms. The zero-order valence-corrected chi connectivity index (χ0v) is 14.6. The molecular weight excluding hydrogens is 288 g/mol. The highest BCUT2D eigenvalue weighted by Crippen LogP contribution is 2.23. The Morgan fingerprint density at radius 1 is 1.04 bits per heavy atom. The van der Waals surface area contributed by atoms with Crippen LogP contribution in [-0.4, -0.2) is 0 Å². The van der Waals surface area contributed by atoms with Crippen LogP contribution in [0.2, 0.25) is 0 Å². The van der Waals surface area contributed by atoms with Crippen LogP contribution < -0.4 is 10.4 Å². The van der Waals surface area contributed by atoms with Gasteiger partial charge in [-0.15, -0.1) is 0 Å². The van der Waals surface area contributed by atoms with Crippen molar-refractivity contribution < 1.29 is 0 Å². The Morgan fingerprint density at radius 3 is 2.54 bits per heavy atom. The van der Waals surface area contributed by atoms with Crippen LogP contribution in [0.1, 0.15) is 25.3 Å². The van der Waals surface area contributed by atoms with Crippen molar-refractivity contribution in [1.82, 2.24) is 0 Å². The van der Waals surface area contributed by atoms with Crippen molar-refractivity contribution >= 4 is 12.7 Å². The SMILES string of the molecule is C=C(/C=c1/ccc(-c2cccc(C)c2)cc1=C)C1=CC(C)=CCC1. The molecule has 0 amide bonds. The first-order valence-corrected chi connectivity index (χ1v) is 8.47. The van der Waals surface area contributed by atoms with E-state index in [-0.39, 0.29) is 0 Å². The number of hydrogen-bond acceptors (Lipinski definition) is 0. The maximum atomic E-state index is 4.26. The molecular formula is C24H24. The van der Waals surface area contributed by atoms with Crippen LogP contribution in [0.4, 0.5) is 0 Å². The Bertz CT molecular complexity index is 952. The van der Waals surface area contributed by atoms with Crippen LogP contribution in [0.25, 0.3) is 23.8 Å². The van der Waals surface area contributed by atoms with Crippen LogP contribution in [0.3, 0.4) is 0 Å². The molecule has 0 aromatic heterocycles. The second kappa shape index (κ2) is 6.88. The molecule has 1 aliphatic carbocycles. The van der Waals surface area contributed by atoms with E-state index in [9.17, 15) is 0 Å². The molecule has 0 spiro atoms. The Labute approximate surface area is 144 Å². The first-order chi connectivity index (χ1) is 11.5. The van der Waals surface area contributed by atoms with E-state index in [4.69, 9.17) is 0 Å². The van der Waals surface area contributed by atoms with E-state index in [0.29, 0.717) is 0 Å². The smallest absolute Gasteiger partial charge is 0.0178 e. The van der Waals surface area contributed by atoms with Crippen molar-refractivity contribution in [2.45, 2.75) is 26.7 Å². The molecule has 0 N–H and O–H groups in total. The first kappa shape index (κ1) is 16.3. The molecule has 0 atom stereocenters. The number of allylic oxidation sites excluding steroid dienone is 5. The van der Waals surface area contributed by atoms with Crippen LogP contribution in [0, 0.1) is 6.92 Å². The van der Waals surface area contributed by atoms with Crippen LogP contribution in [0.15, 0.2) is 77.9 Å². The van der Waals surface area contributed by atoms with Crippen molar-refractivity contribution in [3.63, 3.8) is 0 Å². The molecule has 0 radical (unpaired) electrons. The molecule has 0 nitrogen and oxygen atoms in total. The van der Waals surface area contributed by atoms with Gasteiger partial charge < -0.3 is 0 Å². The van der Waals surface area contributed by atoms with Gasteiger partial charge in [0, 0.05) is 0 Å². The summed E-state index contributed by atoms with van der Waals surface area (Å²) in [7, 11) is 0. The molecule has 120 valence electrons. The van der Waals surface area contributed by atoms with Gasteiger partial charge >= 0.3 is 0 Å². The Balaban J connectivity index is 1.94. The van der Waals surface area contributed by atoms with Crippen molar-refractivity contribution in [1.29, 1.82) is 0 Å². The van der Waals surface area contributed by atoms with Gasteiger partial charge in [-0.05, 0) is 71.5 Å². The van der Waals surface area contributed by atoms with Crippen molar-refractivity contribution in [2.75, 3.05) is 0 Å². The predicted molar refractivity (Wildman–Crippen MR) is 106 cm³/mol. The van der Waals surface area contributed by atoms with Gasteiger partial charge in [-0.2, -0.15) is 0 Å². The van der Waals surface area contributed by atoms with Gasteiger partial charge in [0.05, 0.1) is 0 Å². The molecule has 1 aliphatic rings. The zero-order chi connectivity index (χ0) is 17.1. The molecule has 0 fully saturated rings. The third-order valence-electron chi connectivity index (χ3n) is 4.52. The molecule has 0 saturated heterocycles. The third-order valence-corrected chi connectivity index (χ3v) is 4.52. The lowest BCUT2D eigenvalue weighted by Gasteiger charge is -2.11. The highest BCUT2D eigenvalue weighted by molar-refractivity contribution is 5.65. The van der Waals surface area contributed by atoms with Crippen LogP contribution >= 0.6 is 0 Å². The summed E-state index contributed by atoms with van der Waals surface area (Å²) in [6.07, 6.45) is 8.85. The highest BCUT2D eigenvalue weighted by atomic mass is 14.1. The standard InChI is InChI=1S/C24H24/c1-17-7-5-9-21(13-17)19(3)15-22-11-12-24(16-20(22)4)23-10-6-8-18(2)14-23/h6-8,10-16H,3-5,9H2,1-2H3/b22-15-. The first-order valence-electron chi connectivity index (χ1n) is 8.47. The minimum atomic E-state index is 1.04. The van der Waals surface area contributed by atoms with Gasteiger partial charge in [0.15, 0.2) is 0 Å². The topological polar surface area (TPSA) is 0 Å². The fraction of sp³-hybridized carbons (Fsp3) is 0.167. The molecule has 0 bridgehead atoms. The second-order valence-electron chi connectivity index (χ2n) is 6.61. The van der Waals surface area contributed by atoms with Crippen molar-refractivity contribution in [3.8, 4) is 11.1 Å². The highest BCUT2D eigenvalue weighted by Gasteiger charge is 2.05. The average Bonchev–Trinajstić information content (AvgIpc) is 2.56. The van der Waals surface area contributed by atoms with Gasteiger partial charge in [-0.3, -0.25) is 0 Å². The number of aryl methyl sites for hydroxylation is 1. The van der Waals surface area contributed by atoms with E-state index in [1.807, 2.05) is 0 Å². The largest absolute Gasteiger partial charge is 0.0915 e. The van der Waals surface area contributed by atoms with Gasteiger partial charge in [0.2, 0.25) is 0 Å². The normalized spacial score (nSPS) is 15.0. The maximum Gasteiger partial charge on any atom is -0.0178 e. The van der Waals surface area contributed by atoms with Gasteiger partial charge in [0.25, 0.3) is 0 Å². The number of rotatable bonds is 3. The molecule has 2 aromatic carbocycles. The van der Waals surface area contributed by atoms with E-state index in [2.05, 4.69) is 87.7 Å². The monoisotopic (exact) mass is 312 g/mol. The molecule has 0 heteroatoms. The molecule has 0 unspecified atom stereocenters. The summed E-state index contributed by atoms with van der Waals surface area (Å²) in [4.78, 5) is 0. The summed E-state index contributed by atoms with van der Waals surface area (Å²) in [6.45, 7) is 12.8. The Hall–Kier alpha value is -2.60. The van der Waals surface area contributed by atoms with E-state index in [1.165, 1.54) is 27.8 Å². The van der Waals surface area contributed by atoms with Crippen LogP contribution in [-0.2, 0) is 0 Å². The number of benzene rings is 2. The lowest BCUT2D eigenvalue weighted by Crippen LogP contribution is -2.23. The average molecular weight is 312 g/mol. The van der Waals surface area contributed by atoms with Crippen LogP contribution in [0.5, 0.6) is 0 Å². The fourth-order valence-electron chi connectivity index (χ4n) is 3.15. The van der Waals surface area contributed by atoms with E-state index >= 15 is 0 Å². The Kier molecular flexibility index (Phi) is 4.66. The quantitative estimate of drug-likeness (QED) is 0.742. The van der Waals surface area contributed by atoms with Crippen molar-refractivity contribution in [2.24, 2.45) is 0 Å². The van der Waals surface area contributed by atoms with Gasteiger partial charge in [0.1, 0.15) is 0 Å². The summed E-state index contributed by atoms with van der Waals surface area (Å²) >= 11 is 0. The maximum absolute atomic E-state index is 4.26. The van der Waals surface area contributed by atoms with Crippen molar-refractivity contribution in [3.05, 3.63) is 93.9 Å².